The van der Waals surface area contributed by atoms with Crippen LogP contribution in [0.4, 0.5) is 4.39 Å². The number of pyridine rings is 1. The first-order valence-electron chi connectivity index (χ1n) is 6.52. The first kappa shape index (κ1) is 13.0. The number of hydrogen-bond acceptors (Lipinski definition) is 4. The molecule has 2 heterocycles. The zero-order chi connectivity index (χ0) is 13.8. The molecular weight excluding hydrogens is 259 g/mol. The van der Waals surface area contributed by atoms with Gasteiger partial charge in [-0.15, -0.1) is 0 Å². The minimum Gasteiger partial charge on any atom is -0.487 e. The molecule has 1 aliphatic heterocycles. The average molecular weight is 274 g/mol. The fourth-order valence-corrected chi connectivity index (χ4v) is 2.14. The topological polar surface area (TPSA) is 43.4 Å². The van der Waals surface area contributed by atoms with Crippen molar-refractivity contribution < 1.29 is 14.0 Å². The maximum Gasteiger partial charge on any atom is 0.130 e. The quantitative estimate of drug-likeness (QED) is 0.931. The van der Waals surface area contributed by atoms with Crippen molar-refractivity contribution in [1.82, 2.24) is 10.5 Å². The first-order valence-corrected chi connectivity index (χ1v) is 6.52. The summed E-state index contributed by atoms with van der Waals surface area (Å²) in [7, 11) is 0. The summed E-state index contributed by atoms with van der Waals surface area (Å²) in [4.78, 5) is 9.26. The van der Waals surface area contributed by atoms with Crippen LogP contribution in [0, 0.1) is 5.82 Å². The molecule has 1 aromatic heterocycles. The smallest absolute Gasteiger partial charge is 0.130 e. The Labute approximate surface area is 116 Å². The lowest BCUT2D eigenvalue weighted by atomic mass is 10.1. The SMILES string of the molecule is Fc1cc(OCc2ccccn2)cc([C@H]2CCON2)c1. The molecule has 4 nitrogen and oxygen atoms in total. The molecule has 3 rings (SSSR count). The highest BCUT2D eigenvalue weighted by molar-refractivity contribution is 5.32. The van der Waals surface area contributed by atoms with E-state index in [0.29, 0.717) is 19.0 Å². The number of hydroxylamine groups is 1. The third-order valence-corrected chi connectivity index (χ3v) is 3.14. The minimum atomic E-state index is -0.313. The van der Waals surface area contributed by atoms with Crippen LogP contribution in [0.25, 0.3) is 0 Å². The Morgan fingerprint density at radius 2 is 2.30 bits per heavy atom. The zero-order valence-electron chi connectivity index (χ0n) is 10.9. The summed E-state index contributed by atoms with van der Waals surface area (Å²) in [6.07, 6.45) is 2.53. The summed E-state index contributed by atoms with van der Waals surface area (Å²) in [5.74, 6) is 0.187. The predicted molar refractivity (Wildman–Crippen MR) is 71.4 cm³/mol. The number of halogens is 1. The Morgan fingerprint density at radius 1 is 1.35 bits per heavy atom. The lowest BCUT2D eigenvalue weighted by Gasteiger charge is -2.12. The van der Waals surface area contributed by atoms with E-state index >= 15 is 0 Å². The van der Waals surface area contributed by atoms with Gasteiger partial charge in [-0.3, -0.25) is 4.98 Å². The van der Waals surface area contributed by atoms with Gasteiger partial charge in [-0.1, -0.05) is 6.07 Å². The van der Waals surface area contributed by atoms with E-state index in [9.17, 15) is 4.39 Å². The molecular formula is C15H15FN2O2. The molecule has 0 saturated carbocycles. The molecule has 0 bridgehead atoms. The van der Waals surface area contributed by atoms with Crippen LogP contribution in [0.5, 0.6) is 5.75 Å². The van der Waals surface area contributed by atoms with E-state index in [1.54, 1.807) is 6.20 Å². The van der Waals surface area contributed by atoms with E-state index in [-0.39, 0.29) is 11.9 Å². The number of rotatable bonds is 4. The molecule has 0 aliphatic carbocycles. The van der Waals surface area contributed by atoms with Gasteiger partial charge in [0, 0.05) is 12.3 Å². The number of aromatic nitrogens is 1. The maximum atomic E-state index is 13.6. The standard InChI is InChI=1S/C15H15FN2O2/c16-12-7-11(15-4-6-20-18-15)8-14(9-12)19-10-13-3-1-2-5-17-13/h1-3,5,7-9,15,18H,4,6,10H2/t15-/m1/s1. The summed E-state index contributed by atoms with van der Waals surface area (Å²) in [5.41, 5.74) is 4.50. The van der Waals surface area contributed by atoms with Gasteiger partial charge in [0.15, 0.2) is 0 Å². The fraction of sp³-hybridized carbons (Fsp3) is 0.267. The van der Waals surface area contributed by atoms with Crippen molar-refractivity contribution in [3.63, 3.8) is 0 Å². The Balaban J connectivity index is 1.72. The molecule has 1 N–H and O–H groups in total. The first-order chi connectivity index (χ1) is 9.81. The van der Waals surface area contributed by atoms with Gasteiger partial charge >= 0.3 is 0 Å². The van der Waals surface area contributed by atoms with Gasteiger partial charge in [0.05, 0.1) is 18.3 Å². The van der Waals surface area contributed by atoms with Crippen LogP contribution in [0.15, 0.2) is 42.6 Å². The minimum absolute atomic E-state index is 0.0166. The Bertz CT molecular complexity index is 571. The van der Waals surface area contributed by atoms with Gasteiger partial charge in [0.25, 0.3) is 0 Å². The van der Waals surface area contributed by atoms with E-state index in [0.717, 1.165) is 17.7 Å². The molecule has 0 amide bonds. The van der Waals surface area contributed by atoms with Crippen molar-refractivity contribution >= 4 is 0 Å². The van der Waals surface area contributed by atoms with Crippen molar-refractivity contribution in [2.45, 2.75) is 19.1 Å². The second-order valence-corrected chi connectivity index (χ2v) is 4.64. The number of benzene rings is 1. The van der Waals surface area contributed by atoms with Crippen LogP contribution < -0.4 is 10.2 Å². The number of nitrogens with one attached hydrogen (secondary N) is 1. The monoisotopic (exact) mass is 274 g/mol. The van der Waals surface area contributed by atoms with Crippen LogP contribution in [0.1, 0.15) is 23.7 Å². The lowest BCUT2D eigenvalue weighted by molar-refractivity contribution is 0.0882. The van der Waals surface area contributed by atoms with Crippen LogP contribution >= 0.6 is 0 Å². The Morgan fingerprint density at radius 3 is 3.05 bits per heavy atom. The molecule has 2 aromatic rings. The highest BCUT2D eigenvalue weighted by Crippen LogP contribution is 2.26. The summed E-state index contributed by atoms with van der Waals surface area (Å²) in [5, 5.41) is 0. The summed E-state index contributed by atoms with van der Waals surface area (Å²) >= 11 is 0. The molecule has 0 radical (unpaired) electrons. The predicted octanol–water partition coefficient (Wildman–Crippen LogP) is 2.77. The summed E-state index contributed by atoms with van der Waals surface area (Å²) < 4.78 is 19.2. The normalized spacial score (nSPS) is 18.1. The second kappa shape index (κ2) is 5.98. The van der Waals surface area contributed by atoms with Gasteiger partial charge in [-0.25, -0.2) is 4.39 Å². The Kier molecular flexibility index (Phi) is 3.90. The van der Waals surface area contributed by atoms with Gasteiger partial charge in [0.2, 0.25) is 0 Å². The van der Waals surface area contributed by atoms with Gasteiger partial charge in [0.1, 0.15) is 18.2 Å². The molecule has 104 valence electrons. The fourth-order valence-electron chi connectivity index (χ4n) is 2.14. The third-order valence-electron chi connectivity index (χ3n) is 3.14. The van der Waals surface area contributed by atoms with Gasteiger partial charge in [-0.05, 0) is 36.2 Å². The molecule has 1 atom stereocenters. The molecule has 1 aliphatic rings. The van der Waals surface area contributed by atoms with Crippen LogP contribution in [0.3, 0.4) is 0 Å². The number of ether oxygens (including phenoxy) is 1. The van der Waals surface area contributed by atoms with Gasteiger partial charge < -0.3 is 9.57 Å². The Hall–Kier alpha value is -1.98. The van der Waals surface area contributed by atoms with E-state index in [2.05, 4.69) is 10.5 Å². The molecule has 5 heteroatoms. The number of hydrogen-bond donors (Lipinski definition) is 1. The molecule has 20 heavy (non-hydrogen) atoms. The van der Waals surface area contributed by atoms with Crippen molar-refractivity contribution in [3.8, 4) is 5.75 Å². The third kappa shape index (κ3) is 3.12. The molecule has 0 spiro atoms. The number of nitrogens with zero attached hydrogens (tertiary/aromatic N) is 1. The second-order valence-electron chi connectivity index (χ2n) is 4.64. The molecule has 1 fully saturated rings. The van der Waals surface area contributed by atoms with E-state index < -0.39 is 0 Å². The largest absolute Gasteiger partial charge is 0.487 e. The maximum absolute atomic E-state index is 13.6. The van der Waals surface area contributed by atoms with Crippen molar-refractivity contribution in [1.29, 1.82) is 0 Å². The van der Waals surface area contributed by atoms with Crippen LogP contribution in [-0.4, -0.2) is 11.6 Å². The molecule has 1 aromatic carbocycles. The average Bonchev–Trinajstić information content (AvgIpc) is 3.00. The van der Waals surface area contributed by atoms with E-state index in [1.807, 2.05) is 24.3 Å². The summed E-state index contributed by atoms with van der Waals surface area (Å²) in [6.45, 7) is 0.948. The molecule has 0 unspecified atom stereocenters. The van der Waals surface area contributed by atoms with Crippen molar-refractivity contribution in [2.75, 3.05) is 6.61 Å². The molecule has 1 saturated heterocycles. The van der Waals surface area contributed by atoms with Gasteiger partial charge in [-0.2, -0.15) is 5.48 Å². The van der Waals surface area contributed by atoms with E-state index in [1.165, 1.54) is 12.1 Å². The zero-order valence-corrected chi connectivity index (χ0v) is 10.9. The highest BCUT2D eigenvalue weighted by Gasteiger charge is 2.18. The van der Waals surface area contributed by atoms with Crippen LogP contribution in [0.2, 0.25) is 0 Å². The highest BCUT2D eigenvalue weighted by atomic mass is 19.1. The van der Waals surface area contributed by atoms with Crippen molar-refractivity contribution in [3.05, 3.63) is 59.7 Å². The van der Waals surface area contributed by atoms with Crippen molar-refractivity contribution in [2.24, 2.45) is 0 Å². The van der Waals surface area contributed by atoms with E-state index in [4.69, 9.17) is 9.57 Å². The van der Waals surface area contributed by atoms with Crippen LogP contribution in [-0.2, 0) is 11.4 Å². The lowest BCUT2D eigenvalue weighted by Crippen LogP contribution is -2.11. The summed E-state index contributed by atoms with van der Waals surface area (Å²) in [6, 6.07) is 10.3.